The fraction of sp³-hybridized carbons (Fsp3) is 0.500. The SMILES string of the molecule is COc1ccc(OC)c(NCC2CC3C=CC2C3)c1. The monoisotopic (exact) mass is 259 g/mol. The minimum Gasteiger partial charge on any atom is -0.497 e. The molecular weight excluding hydrogens is 238 g/mol. The lowest BCUT2D eigenvalue weighted by Gasteiger charge is -2.20. The van der Waals surface area contributed by atoms with E-state index in [1.807, 2.05) is 18.2 Å². The van der Waals surface area contributed by atoms with Crippen LogP contribution < -0.4 is 14.8 Å². The Labute approximate surface area is 114 Å². The van der Waals surface area contributed by atoms with Crippen molar-refractivity contribution in [2.24, 2.45) is 17.8 Å². The van der Waals surface area contributed by atoms with Gasteiger partial charge < -0.3 is 14.8 Å². The molecular formula is C16H21NO2. The molecule has 0 aliphatic heterocycles. The number of hydrogen-bond donors (Lipinski definition) is 1. The lowest BCUT2D eigenvalue weighted by Crippen LogP contribution is -2.18. The van der Waals surface area contributed by atoms with Crippen LogP contribution in [0.2, 0.25) is 0 Å². The van der Waals surface area contributed by atoms with Crippen molar-refractivity contribution in [3.8, 4) is 11.5 Å². The Kier molecular flexibility index (Phi) is 3.36. The van der Waals surface area contributed by atoms with Crippen molar-refractivity contribution < 1.29 is 9.47 Å². The van der Waals surface area contributed by atoms with Gasteiger partial charge >= 0.3 is 0 Å². The van der Waals surface area contributed by atoms with Crippen LogP contribution in [0.3, 0.4) is 0 Å². The smallest absolute Gasteiger partial charge is 0.142 e. The highest BCUT2D eigenvalue weighted by atomic mass is 16.5. The van der Waals surface area contributed by atoms with Crippen molar-refractivity contribution in [2.45, 2.75) is 12.8 Å². The van der Waals surface area contributed by atoms with Crippen LogP contribution in [-0.2, 0) is 0 Å². The molecule has 1 aromatic rings. The number of allylic oxidation sites excluding steroid dienone is 2. The second-order valence-corrected chi connectivity index (χ2v) is 5.49. The van der Waals surface area contributed by atoms with Crippen LogP contribution in [0.15, 0.2) is 30.4 Å². The number of hydrogen-bond acceptors (Lipinski definition) is 3. The molecule has 0 amide bonds. The normalized spacial score (nSPS) is 27.6. The first kappa shape index (κ1) is 12.4. The van der Waals surface area contributed by atoms with E-state index in [-0.39, 0.29) is 0 Å². The minimum absolute atomic E-state index is 0.755. The van der Waals surface area contributed by atoms with Crippen LogP contribution >= 0.6 is 0 Å². The number of rotatable bonds is 5. The number of methoxy groups -OCH3 is 2. The summed E-state index contributed by atoms with van der Waals surface area (Å²) < 4.78 is 10.7. The van der Waals surface area contributed by atoms with Crippen molar-refractivity contribution >= 4 is 5.69 Å². The second kappa shape index (κ2) is 5.16. The molecule has 0 spiro atoms. The van der Waals surface area contributed by atoms with Gasteiger partial charge in [0, 0.05) is 12.6 Å². The van der Waals surface area contributed by atoms with Gasteiger partial charge in [0.1, 0.15) is 11.5 Å². The fourth-order valence-corrected chi connectivity index (χ4v) is 3.32. The Morgan fingerprint density at radius 2 is 2.05 bits per heavy atom. The highest BCUT2D eigenvalue weighted by Crippen LogP contribution is 2.43. The van der Waals surface area contributed by atoms with E-state index in [0.29, 0.717) is 0 Å². The van der Waals surface area contributed by atoms with Crippen molar-refractivity contribution in [1.29, 1.82) is 0 Å². The van der Waals surface area contributed by atoms with E-state index >= 15 is 0 Å². The van der Waals surface area contributed by atoms with Gasteiger partial charge in [-0.2, -0.15) is 0 Å². The standard InChI is InChI=1S/C16H21NO2/c1-18-14-5-6-16(19-2)15(9-14)17-10-13-8-11-3-4-12(13)7-11/h3-6,9,11-13,17H,7-8,10H2,1-2H3. The minimum atomic E-state index is 0.755. The van der Waals surface area contributed by atoms with Crippen molar-refractivity contribution in [3.63, 3.8) is 0 Å². The third-order valence-corrected chi connectivity index (χ3v) is 4.38. The lowest BCUT2D eigenvalue weighted by atomic mass is 9.93. The average Bonchev–Trinajstić information content (AvgIpc) is 3.07. The molecule has 2 aliphatic rings. The zero-order valence-corrected chi connectivity index (χ0v) is 11.6. The molecule has 0 radical (unpaired) electrons. The van der Waals surface area contributed by atoms with Crippen LogP contribution in [0.4, 0.5) is 5.69 Å². The maximum Gasteiger partial charge on any atom is 0.142 e. The number of nitrogens with one attached hydrogen (secondary N) is 1. The zero-order chi connectivity index (χ0) is 13.2. The molecule has 0 saturated heterocycles. The van der Waals surface area contributed by atoms with Gasteiger partial charge in [0.2, 0.25) is 0 Å². The molecule has 3 heteroatoms. The zero-order valence-electron chi connectivity index (χ0n) is 11.6. The maximum absolute atomic E-state index is 5.39. The summed E-state index contributed by atoms with van der Waals surface area (Å²) in [5, 5.41) is 3.53. The highest BCUT2D eigenvalue weighted by molar-refractivity contribution is 5.59. The third kappa shape index (κ3) is 2.42. The van der Waals surface area contributed by atoms with Gasteiger partial charge in [-0.25, -0.2) is 0 Å². The van der Waals surface area contributed by atoms with E-state index in [2.05, 4.69) is 17.5 Å². The molecule has 1 saturated carbocycles. The van der Waals surface area contributed by atoms with E-state index in [1.165, 1.54) is 12.8 Å². The average molecular weight is 259 g/mol. The molecule has 19 heavy (non-hydrogen) atoms. The van der Waals surface area contributed by atoms with E-state index in [4.69, 9.17) is 9.47 Å². The quantitative estimate of drug-likeness (QED) is 0.823. The molecule has 0 aromatic heterocycles. The Balaban J connectivity index is 1.67. The molecule has 3 rings (SSSR count). The summed E-state index contributed by atoms with van der Waals surface area (Å²) in [5.74, 6) is 4.08. The molecule has 3 unspecified atom stereocenters. The molecule has 2 aliphatic carbocycles. The van der Waals surface area contributed by atoms with E-state index < -0.39 is 0 Å². The van der Waals surface area contributed by atoms with E-state index in [1.54, 1.807) is 14.2 Å². The van der Waals surface area contributed by atoms with Gasteiger partial charge in [-0.15, -0.1) is 0 Å². The topological polar surface area (TPSA) is 30.5 Å². The molecule has 1 fully saturated rings. The van der Waals surface area contributed by atoms with Gasteiger partial charge in [-0.1, -0.05) is 12.2 Å². The first-order valence-corrected chi connectivity index (χ1v) is 6.94. The van der Waals surface area contributed by atoms with Gasteiger partial charge in [0.05, 0.1) is 19.9 Å². The summed E-state index contributed by atoms with van der Waals surface area (Å²) in [5.41, 5.74) is 1.02. The summed E-state index contributed by atoms with van der Waals surface area (Å²) in [4.78, 5) is 0. The molecule has 1 N–H and O–H groups in total. The molecule has 3 atom stereocenters. The van der Waals surface area contributed by atoms with Crippen molar-refractivity contribution in [2.75, 3.05) is 26.1 Å². The number of ether oxygens (including phenoxy) is 2. The van der Waals surface area contributed by atoms with Gasteiger partial charge in [-0.3, -0.25) is 0 Å². The Morgan fingerprint density at radius 3 is 2.68 bits per heavy atom. The predicted octanol–water partition coefficient (Wildman–Crippen LogP) is 3.33. The summed E-state index contributed by atoms with van der Waals surface area (Å²) in [6.07, 6.45) is 7.44. The van der Waals surface area contributed by atoms with Crippen molar-refractivity contribution in [3.05, 3.63) is 30.4 Å². The van der Waals surface area contributed by atoms with Crippen LogP contribution in [0.1, 0.15) is 12.8 Å². The van der Waals surface area contributed by atoms with E-state index in [0.717, 1.165) is 41.5 Å². The van der Waals surface area contributed by atoms with E-state index in [9.17, 15) is 0 Å². The molecule has 2 bridgehead atoms. The Morgan fingerprint density at radius 1 is 1.16 bits per heavy atom. The highest BCUT2D eigenvalue weighted by Gasteiger charge is 2.35. The largest absolute Gasteiger partial charge is 0.497 e. The molecule has 1 aromatic carbocycles. The summed E-state index contributed by atoms with van der Waals surface area (Å²) in [6, 6.07) is 5.87. The number of benzene rings is 1. The molecule has 3 nitrogen and oxygen atoms in total. The summed E-state index contributed by atoms with van der Waals surface area (Å²) >= 11 is 0. The van der Waals surface area contributed by atoms with Crippen molar-refractivity contribution in [1.82, 2.24) is 0 Å². The molecule has 102 valence electrons. The summed E-state index contributed by atoms with van der Waals surface area (Å²) in [6.45, 7) is 1.01. The van der Waals surface area contributed by atoms with Gasteiger partial charge in [0.25, 0.3) is 0 Å². The first-order chi connectivity index (χ1) is 9.30. The van der Waals surface area contributed by atoms with Crippen LogP contribution in [0.5, 0.6) is 11.5 Å². The fourth-order valence-electron chi connectivity index (χ4n) is 3.32. The summed E-state index contributed by atoms with van der Waals surface area (Å²) in [7, 11) is 3.39. The van der Waals surface area contributed by atoms with Crippen LogP contribution in [0, 0.1) is 17.8 Å². The molecule has 0 heterocycles. The lowest BCUT2D eigenvalue weighted by molar-refractivity contribution is 0.403. The van der Waals surface area contributed by atoms with Gasteiger partial charge in [0.15, 0.2) is 0 Å². The number of fused-ring (bicyclic) bond motifs is 2. The Bertz CT molecular complexity index is 484. The predicted molar refractivity (Wildman–Crippen MR) is 76.9 cm³/mol. The third-order valence-electron chi connectivity index (χ3n) is 4.38. The maximum atomic E-state index is 5.39. The Hall–Kier alpha value is -1.64. The van der Waals surface area contributed by atoms with Crippen LogP contribution in [-0.4, -0.2) is 20.8 Å². The first-order valence-electron chi connectivity index (χ1n) is 6.94. The van der Waals surface area contributed by atoms with Crippen LogP contribution in [0.25, 0.3) is 0 Å². The van der Waals surface area contributed by atoms with Gasteiger partial charge in [-0.05, 0) is 42.7 Å². The second-order valence-electron chi connectivity index (χ2n) is 5.49. The number of anilines is 1.